The highest BCUT2D eigenvalue weighted by Crippen LogP contribution is 2.40. The number of carbonyl (C=O) groups is 4. The smallest absolute Gasteiger partial charge is 0.303 e. The Morgan fingerprint density at radius 2 is 1.65 bits per heavy atom. The SMILES string of the molecule is CC(=O)O[C@@H]1[C@H](OC(C)=O)CN2C(=O)C=C[C@@H](OC(C)=O)[C@]12C. The van der Waals surface area contributed by atoms with Crippen molar-refractivity contribution in [1.82, 2.24) is 4.90 Å². The van der Waals surface area contributed by atoms with Gasteiger partial charge in [0.25, 0.3) is 0 Å². The molecule has 2 aliphatic rings. The summed E-state index contributed by atoms with van der Waals surface area (Å²) in [4.78, 5) is 47.7. The van der Waals surface area contributed by atoms with Crippen LogP contribution in [-0.4, -0.2) is 59.1 Å². The molecule has 126 valence electrons. The zero-order valence-electron chi connectivity index (χ0n) is 13.4. The fourth-order valence-electron chi connectivity index (χ4n) is 3.12. The molecule has 0 aliphatic carbocycles. The van der Waals surface area contributed by atoms with Gasteiger partial charge in [-0.15, -0.1) is 0 Å². The van der Waals surface area contributed by atoms with E-state index in [0.29, 0.717) is 0 Å². The van der Waals surface area contributed by atoms with Crippen molar-refractivity contribution in [2.45, 2.75) is 51.5 Å². The minimum atomic E-state index is -1.15. The molecule has 0 aromatic rings. The molecule has 0 radical (unpaired) electrons. The van der Waals surface area contributed by atoms with Gasteiger partial charge in [0.05, 0.1) is 6.54 Å². The Balaban J connectivity index is 2.44. The van der Waals surface area contributed by atoms with E-state index < -0.39 is 41.8 Å². The Bertz CT molecular complexity index is 584. The van der Waals surface area contributed by atoms with E-state index in [1.807, 2.05) is 0 Å². The monoisotopic (exact) mass is 325 g/mol. The molecule has 0 aromatic carbocycles. The van der Waals surface area contributed by atoms with E-state index in [4.69, 9.17) is 14.2 Å². The van der Waals surface area contributed by atoms with Crippen LogP contribution in [0.3, 0.4) is 0 Å². The normalized spacial score (nSPS) is 32.3. The molecule has 1 amide bonds. The van der Waals surface area contributed by atoms with Gasteiger partial charge in [-0.25, -0.2) is 0 Å². The summed E-state index contributed by atoms with van der Waals surface area (Å²) in [6, 6.07) is 0. The van der Waals surface area contributed by atoms with Crippen LogP contribution in [0.15, 0.2) is 12.2 Å². The number of amides is 1. The Kier molecular flexibility index (Phi) is 4.44. The molecule has 0 saturated carbocycles. The van der Waals surface area contributed by atoms with Crippen LogP contribution >= 0.6 is 0 Å². The Labute approximate surface area is 133 Å². The third-order valence-electron chi connectivity index (χ3n) is 4.02. The number of ether oxygens (including phenoxy) is 3. The Hall–Kier alpha value is -2.38. The molecule has 0 unspecified atom stereocenters. The maximum atomic E-state index is 12.2. The van der Waals surface area contributed by atoms with Crippen LogP contribution in [0.4, 0.5) is 0 Å². The summed E-state index contributed by atoms with van der Waals surface area (Å²) in [5.74, 6) is -2.01. The van der Waals surface area contributed by atoms with Crippen LogP contribution in [0, 0.1) is 0 Å². The number of esters is 3. The fraction of sp³-hybridized carbons (Fsp3) is 0.600. The van der Waals surface area contributed by atoms with Gasteiger partial charge in [0.1, 0.15) is 11.6 Å². The van der Waals surface area contributed by atoms with Crippen LogP contribution in [0.5, 0.6) is 0 Å². The topological polar surface area (TPSA) is 99.2 Å². The maximum absolute atomic E-state index is 12.2. The van der Waals surface area contributed by atoms with Gasteiger partial charge in [0, 0.05) is 26.8 Å². The summed E-state index contributed by atoms with van der Waals surface area (Å²) in [5.41, 5.74) is -1.15. The number of carbonyl (C=O) groups excluding carboxylic acids is 4. The molecule has 4 atom stereocenters. The molecule has 2 rings (SSSR count). The first-order chi connectivity index (χ1) is 10.7. The van der Waals surface area contributed by atoms with Crippen molar-refractivity contribution in [3.8, 4) is 0 Å². The predicted molar refractivity (Wildman–Crippen MR) is 75.9 cm³/mol. The largest absolute Gasteiger partial charge is 0.457 e. The summed E-state index contributed by atoms with van der Waals surface area (Å²) >= 11 is 0. The van der Waals surface area contributed by atoms with Crippen molar-refractivity contribution in [3.05, 3.63) is 12.2 Å². The Morgan fingerprint density at radius 1 is 1.09 bits per heavy atom. The van der Waals surface area contributed by atoms with Gasteiger partial charge in [-0.05, 0) is 13.0 Å². The summed E-state index contributed by atoms with van der Waals surface area (Å²) in [7, 11) is 0. The van der Waals surface area contributed by atoms with E-state index in [2.05, 4.69) is 0 Å². The van der Waals surface area contributed by atoms with Crippen LogP contribution in [0.2, 0.25) is 0 Å². The van der Waals surface area contributed by atoms with Gasteiger partial charge in [0.15, 0.2) is 12.2 Å². The van der Waals surface area contributed by atoms with Crippen LogP contribution in [0.1, 0.15) is 27.7 Å². The number of fused-ring (bicyclic) bond motifs is 1. The fourth-order valence-corrected chi connectivity index (χ4v) is 3.12. The number of rotatable bonds is 3. The quantitative estimate of drug-likeness (QED) is 0.530. The average Bonchev–Trinajstić information content (AvgIpc) is 2.67. The van der Waals surface area contributed by atoms with E-state index in [-0.39, 0.29) is 12.5 Å². The van der Waals surface area contributed by atoms with Crippen LogP contribution < -0.4 is 0 Å². The highest BCUT2D eigenvalue weighted by molar-refractivity contribution is 5.90. The standard InChI is InChI=1S/C15H19NO7/c1-8(17)21-11-7-16-13(20)6-5-12(22-9(2)18)15(16,4)14(11)23-10(3)19/h5-6,11-12,14H,7H2,1-4H3/t11-,12-,14-,15-/m1/s1. The lowest BCUT2D eigenvalue weighted by Gasteiger charge is -2.43. The molecule has 0 aromatic heterocycles. The molecule has 2 aliphatic heterocycles. The van der Waals surface area contributed by atoms with E-state index in [1.165, 1.54) is 37.8 Å². The molecule has 1 saturated heterocycles. The number of hydrogen-bond donors (Lipinski definition) is 0. The van der Waals surface area contributed by atoms with Crippen molar-refractivity contribution >= 4 is 23.8 Å². The van der Waals surface area contributed by atoms with E-state index >= 15 is 0 Å². The van der Waals surface area contributed by atoms with E-state index in [9.17, 15) is 19.2 Å². The van der Waals surface area contributed by atoms with Gasteiger partial charge in [0.2, 0.25) is 5.91 Å². The van der Waals surface area contributed by atoms with Crippen LogP contribution in [0.25, 0.3) is 0 Å². The van der Waals surface area contributed by atoms with Gasteiger partial charge >= 0.3 is 17.9 Å². The zero-order valence-corrected chi connectivity index (χ0v) is 13.4. The van der Waals surface area contributed by atoms with Gasteiger partial charge in [-0.3, -0.25) is 19.2 Å². The minimum absolute atomic E-state index is 0.0506. The van der Waals surface area contributed by atoms with Crippen molar-refractivity contribution in [3.63, 3.8) is 0 Å². The summed E-state index contributed by atoms with van der Waals surface area (Å²) < 4.78 is 15.8. The highest BCUT2D eigenvalue weighted by atomic mass is 16.6. The summed E-state index contributed by atoms with van der Waals surface area (Å²) in [6.45, 7) is 5.39. The molecule has 23 heavy (non-hydrogen) atoms. The van der Waals surface area contributed by atoms with Crippen molar-refractivity contribution < 1.29 is 33.4 Å². The first-order valence-electron chi connectivity index (χ1n) is 7.17. The first-order valence-corrected chi connectivity index (χ1v) is 7.17. The highest BCUT2D eigenvalue weighted by Gasteiger charge is 2.61. The third-order valence-corrected chi connectivity index (χ3v) is 4.02. The maximum Gasteiger partial charge on any atom is 0.303 e. The average molecular weight is 325 g/mol. The van der Waals surface area contributed by atoms with Gasteiger partial charge in [-0.1, -0.05) is 0 Å². The van der Waals surface area contributed by atoms with E-state index in [1.54, 1.807) is 6.92 Å². The predicted octanol–water partition coefficient (Wildman–Crippen LogP) is -0.0478. The molecule has 0 bridgehead atoms. The molecule has 2 heterocycles. The van der Waals surface area contributed by atoms with E-state index in [0.717, 1.165) is 0 Å². The number of nitrogens with zero attached hydrogens (tertiary/aromatic N) is 1. The second-order valence-electron chi connectivity index (χ2n) is 5.74. The first kappa shape index (κ1) is 17.0. The van der Waals surface area contributed by atoms with Crippen LogP contribution in [-0.2, 0) is 33.4 Å². The lowest BCUT2D eigenvalue weighted by molar-refractivity contribution is -0.175. The molecule has 1 fully saturated rings. The molecule has 8 nitrogen and oxygen atoms in total. The summed E-state index contributed by atoms with van der Waals surface area (Å²) in [5, 5.41) is 0. The van der Waals surface area contributed by atoms with Gasteiger partial charge < -0.3 is 19.1 Å². The lowest BCUT2D eigenvalue weighted by Crippen LogP contribution is -2.62. The van der Waals surface area contributed by atoms with Crippen molar-refractivity contribution in [2.24, 2.45) is 0 Å². The molecular formula is C15H19NO7. The molecular weight excluding hydrogens is 306 g/mol. The van der Waals surface area contributed by atoms with Crippen molar-refractivity contribution in [2.75, 3.05) is 6.54 Å². The second kappa shape index (κ2) is 6.02. The third kappa shape index (κ3) is 3.06. The molecule has 0 spiro atoms. The molecule has 0 N–H and O–H groups in total. The van der Waals surface area contributed by atoms with Crippen molar-refractivity contribution in [1.29, 1.82) is 0 Å². The summed E-state index contributed by atoms with van der Waals surface area (Å²) in [6.07, 6.45) is 0.150. The molecule has 8 heteroatoms. The zero-order chi connectivity index (χ0) is 17.4. The van der Waals surface area contributed by atoms with Gasteiger partial charge in [-0.2, -0.15) is 0 Å². The Morgan fingerprint density at radius 3 is 2.17 bits per heavy atom. The lowest BCUT2D eigenvalue weighted by atomic mass is 9.85. The minimum Gasteiger partial charge on any atom is -0.457 e. The second-order valence-corrected chi connectivity index (χ2v) is 5.74. The number of hydrogen-bond acceptors (Lipinski definition) is 7.